The Labute approximate surface area is 119 Å². The normalized spacial score (nSPS) is 17.4. The Morgan fingerprint density at radius 1 is 1.35 bits per heavy atom. The molecule has 0 radical (unpaired) electrons. The monoisotopic (exact) mass is 278 g/mol. The molecule has 1 unspecified atom stereocenters. The van der Waals surface area contributed by atoms with E-state index in [1.54, 1.807) is 24.4 Å². The number of aliphatic hydroxyl groups excluding tert-OH is 1. The molecule has 1 fully saturated rings. The largest absolute Gasteiger partial charge is 0.390 e. The second kappa shape index (κ2) is 7.81. The molecular formula is C14H22N4O2. The topological polar surface area (TPSA) is 77.5 Å². The van der Waals surface area contributed by atoms with Crippen LogP contribution < -0.4 is 10.6 Å². The highest BCUT2D eigenvalue weighted by Crippen LogP contribution is 2.08. The molecule has 0 aliphatic carbocycles. The molecule has 0 bridgehead atoms. The number of carbonyl (C=O) groups excluding carboxylic acids is 1. The Morgan fingerprint density at radius 3 is 2.85 bits per heavy atom. The van der Waals surface area contributed by atoms with E-state index in [9.17, 15) is 9.90 Å². The first kappa shape index (κ1) is 14.7. The van der Waals surface area contributed by atoms with Crippen molar-refractivity contribution in [2.75, 3.05) is 31.5 Å². The number of pyridine rings is 1. The average molecular weight is 278 g/mol. The number of amides is 2. The predicted octanol–water partition coefficient (Wildman–Crippen LogP) is 1.05. The minimum atomic E-state index is -0.539. The summed E-state index contributed by atoms with van der Waals surface area (Å²) < 4.78 is 0. The lowest BCUT2D eigenvalue weighted by molar-refractivity contribution is 0.102. The van der Waals surface area contributed by atoms with E-state index in [0.29, 0.717) is 12.4 Å². The third kappa shape index (κ3) is 5.14. The summed E-state index contributed by atoms with van der Waals surface area (Å²) in [5.74, 6) is 0.496. The minimum absolute atomic E-state index is 0.245. The van der Waals surface area contributed by atoms with E-state index >= 15 is 0 Å². The van der Waals surface area contributed by atoms with E-state index in [-0.39, 0.29) is 12.6 Å². The van der Waals surface area contributed by atoms with E-state index < -0.39 is 6.10 Å². The minimum Gasteiger partial charge on any atom is -0.390 e. The maximum atomic E-state index is 11.6. The van der Waals surface area contributed by atoms with Crippen LogP contribution in [0.1, 0.15) is 19.3 Å². The highest BCUT2D eigenvalue weighted by atomic mass is 16.3. The third-order valence-electron chi connectivity index (χ3n) is 3.32. The number of nitrogens with one attached hydrogen (secondary N) is 2. The molecule has 0 aromatic carbocycles. The van der Waals surface area contributed by atoms with Crippen molar-refractivity contribution in [2.24, 2.45) is 0 Å². The van der Waals surface area contributed by atoms with Gasteiger partial charge in [-0.25, -0.2) is 9.78 Å². The quantitative estimate of drug-likeness (QED) is 0.752. The summed E-state index contributed by atoms with van der Waals surface area (Å²) in [5, 5.41) is 15.2. The van der Waals surface area contributed by atoms with Gasteiger partial charge in [0.1, 0.15) is 5.82 Å². The predicted molar refractivity (Wildman–Crippen MR) is 77.6 cm³/mol. The molecule has 1 aromatic heterocycles. The number of carbonyl (C=O) groups is 1. The lowest BCUT2D eigenvalue weighted by Gasteiger charge is -2.28. The molecular weight excluding hydrogens is 256 g/mol. The molecule has 1 atom stereocenters. The zero-order chi connectivity index (χ0) is 14.2. The van der Waals surface area contributed by atoms with Crippen molar-refractivity contribution >= 4 is 11.8 Å². The molecule has 1 aromatic rings. The summed E-state index contributed by atoms with van der Waals surface area (Å²) in [4.78, 5) is 17.9. The van der Waals surface area contributed by atoms with Gasteiger partial charge in [0, 0.05) is 19.3 Å². The van der Waals surface area contributed by atoms with Gasteiger partial charge < -0.3 is 15.3 Å². The molecule has 6 nitrogen and oxygen atoms in total. The van der Waals surface area contributed by atoms with Gasteiger partial charge in [-0.05, 0) is 38.1 Å². The van der Waals surface area contributed by atoms with Crippen molar-refractivity contribution in [3.63, 3.8) is 0 Å². The van der Waals surface area contributed by atoms with Crippen LogP contribution in [0.3, 0.4) is 0 Å². The zero-order valence-corrected chi connectivity index (χ0v) is 11.6. The number of likely N-dealkylation sites (tertiary alicyclic amines) is 1. The maximum Gasteiger partial charge on any atom is 0.320 e. The van der Waals surface area contributed by atoms with Gasteiger partial charge in [-0.3, -0.25) is 5.32 Å². The number of anilines is 1. The fourth-order valence-corrected chi connectivity index (χ4v) is 2.31. The van der Waals surface area contributed by atoms with Gasteiger partial charge in [-0.2, -0.15) is 0 Å². The second-order valence-corrected chi connectivity index (χ2v) is 5.07. The Balaban J connectivity index is 1.64. The van der Waals surface area contributed by atoms with Gasteiger partial charge in [0.25, 0.3) is 0 Å². The molecule has 1 aliphatic rings. The van der Waals surface area contributed by atoms with Gasteiger partial charge in [0.05, 0.1) is 6.10 Å². The Kier molecular flexibility index (Phi) is 5.76. The Hall–Kier alpha value is -1.66. The van der Waals surface area contributed by atoms with E-state index in [4.69, 9.17) is 0 Å². The van der Waals surface area contributed by atoms with Crippen LogP contribution in [0.5, 0.6) is 0 Å². The molecule has 110 valence electrons. The van der Waals surface area contributed by atoms with Gasteiger partial charge in [0.2, 0.25) is 0 Å². The zero-order valence-electron chi connectivity index (χ0n) is 11.6. The second-order valence-electron chi connectivity index (χ2n) is 5.07. The first-order valence-electron chi connectivity index (χ1n) is 7.10. The number of hydrogen-bond acceptors (Lipinski definition) is 4. The highest BCUT2D eigenvalue weighted by molar-refractivity contribution is 5.88. The number of aliphatic hydroxyl groups is 1. The van der Waals surface area contributed by atoms with Crippen LogP contribution in [0.4, 0.5) is 10.6 Å². The molecule has 3 N–H and O–H groups in total. The summed E-state index contributed by atoms with van der Waals surface area (Å²) in [7, 11) is 0. The molecule has 0 saturated carbocycles. The highest BCUT2D eigenvalue weighted by Gasteiger charge is 2.15. The van der Waals surface area contributed by atoms with Gasteiger partial charge >= 0.3 is 6.03 Å². The molecule has 1 saturated heterocycles. The van der Waals surface area contributed by atoms with E-state index in [2.05, 4.69) is 20.5 Å². The number of hydrogen-bond donors (Lipinski definition) is 3. The van der Waals surface area contributed by atoms with E-state index in [1.807, 2.05) is 0 Å². The number of aromatic nitrogens is 1. The van der Waals surface area contributed by atoms with Crippen LogP contribution in [0.15, 0.2) is 24.4 Å². The lowest BCUT2D eigenvalue weighted by atomic mass is 10.1. The molecule has 20 heavy (non-hydrogen) atoms. The first-order chi connectivity index (χ1) is 9.74. The first-order valence-corrected chi connectivity index (χ1v) is 7.10. The molecule has 1 aliphatic heterocycles. The van der Waals surface area contributed by atoms with E-state index in [1.165, 1.54) is 19.3 Å². The van der Waals surface area contributed by atoms with Crippen molar-refractivity contribution in [1.29, 1.82) is 0 Å². The molecule has 2 amide bonds. The van der Waals surface area contributed by atoms with E-state index in [0.717, 1.165) is 13.1 Å². The molecule has 2 heterocycles. The third-order valence-corrected chi connectivity index (χ3v) is 3.32. The van der Waals surface area contributed by atoms with Crippen LogP contribution >= 0.6 is 0 Å². The van der Waals surface area contributed by atoms with Gasteiger partial charge in [-0.15, -0.1) is 0 Å². The standard InChI is InChI=1S/C14H22N4O2/c19-12(11-18-8-4-1-5-9-18)10-16-14(20)17-13-6-2-3-7-15-13/h2-3,6-7,12,19H,1,4-5,8-11H2,(H2,15,16,17,20). The summed E-state index contributed by atoms with van der Waals surface area (Å²) >= 11 is 0. The molecule has 0 spiro atoms. The van der Waals surface area contributed by atoms with Crippen molar-refractivity contribution in [3.05, 3.63) is 24.4 Å². The van der Waals surface area contributed by atoms with Crippen molar-refractivity contribution < 1.29 is 9.90 Å². The maximum absolute atomic E-state index is 11.6. The summed E-state index contributed by atoms with van der Waals surface area (Å²) in [6, 6.07) is 4.95. The fraction of sp³-hybridized carbons (Fsp3) is 0.571. The molecule has 6 heteroatoms. The van der Waals surface area contributed by atoms with Crippen LogP contribution in [0, 0.1) is 0 Å². The average Bonchev–Trinajstić information content (AvgIpc) is 2.47. The fourth-order valence-electron chi connectivity index (χ4n) is 2.31. The van der Waals surface area contributed by atoms with Gasteiger partial charge in [0.15, 0.2) is 0 Å². The number of piperidine rings is 1. The molecule has 2 rings (SSSR count). The van der Waals surface area contributed by atoms with Crippen molar-refractivity contribution in [3.8, 4) is 0 Å². The Morgan fingerprint density at radius 2 is 2.15 bits per heavy atom. The van der Waals surface area contributed by atoms with Crippen LogP contribution in [-0.2, 0) is 0 Å². The number of nitrogens with zero attached hydrogens (tertiary/aromatic N) is 2. The smallest absolute Gasteiger partial charge is 0.320 e. The number of urea groups is 1. The lowest BCUT2D eigenvalue weighted by Crippen LogP contribution is -2.43. The number of rotatable bonds is 5. The summed E-state index contributed by atoms with van der Waals surface area (Å²) in [5.41, 5.74) is 0. The van der Waals surface area contributed by atoms with Crippen LogP contribution in [0.2, 0.25) is 0 Å². The Bertz CT molecular complexity index is 407. The van der Waals surface area contributed by atoms with Crippen LogP contribution in [0.25, 0.3) is 0 Å². The van der Waals surface area contributed by atoms with Crippen molar-refractivity contribution in [2.45, 2.75) is 25.4 Å². The summed E-state index contributed by atoms with van der Waals surface area (Å²) in [6.45, 7) is 2.94. The van der Waals surface area contributed by atoms with Crippen molar-refractivity contribution in [1.82, 2.24) is 15.2 Å². The van der Waals surface area contributed by atoms with Gasteiger partial charge in [-0.1, -0.05) is 12.5 Å². The van der Waals surface area contributed by atoms with Crippen LogP contribution in [-0.4, -0.2) is 53.3 Å². The SMILES string of the molecule is O=C(NCC(O)CN1CCCCC1)Nc1ccccn1. The summed E-state index contributed by atoms with van der Waals surface area (Å²) in [6.07, 6.45) is 4.74. The number of β-amino-alcohol motifs (C(OH)–C–C–N with tert-alkyl or cyclic N) is 1.